The van der Waals surface area contributed by atoms with Crippen LogP contribution >= 0.6 is 22.7 Å². The lowest BCUT2D eigenvalue weighted by Crippen LogP contribution is -1.96. The average molecular weight is 691 g/mol. The second kappa shape index (κ2) is 12.2. The van der Waals surface area contributed by atoms with Crippen molar-refractivity contribution in [2.24, 2.45) is 0 Å². The average Bonchev–Trinajstić information content (AvgIpc) is 3.95. The van der Waals surface area contributed by atoms with Crippen LogP contribution in [0.5, 0.6) is 0 Å². The minimum atomic E-state index is 0.588. The molecule has 7 heteroatoms. The Labute approximate surface area is 301 Å². The van der Waals surface area contributed by atoms with Crippen molar-refractivity contribution in [3.05, 3.63) is 158 Å². The van der Waals surface area contributed by atoms with Crippen LogP contribution in [0.3, 0.4) is 0 Å². The molecule has 4 heterocycles. The van der Waals surface area contributed by atoms with E-state index in [0.717, 1.165) is 60.8 Å². The fourth-order valence-electron chi connectivity index (χ4n) is 6.34. The highest BCUT2D eigenvalue weighted by Crippen LogP contribution is 2.36. The summed E-state index contributed by atoms with van der Waals surface area (Å²) in [5, 5.41) is 2.27. The highest BCUT2D eigenvalue weighted by molar-refractivity contribution is 7.22. The van der Waals surface area contributed by atoms with E-state index in [1.54, 1.807) is 11.3 Å². The Morgan fingerprint density at radius 3 is 1.71 bits per heavy atom. The molecule has 0 spiro atoms. The van der Waals surface area contributed by atoms with Gasteiger partial charge in [-0.25, -0.2) is 19.9 Å². The lowest BCUT2D eigenvalue weighted by molar-refractivity contribution is 0.620. The molecule has 4 aromatic heterocycles. The second-order valence-corrected chi connectivity index (χ2v) is 14.4. The molecular formula is C44H26N4OS2. The number of para-hydroxylation sites is 3. The number of thiophene rings is 1. The van der Waals surface area contributed by atoms with E-state index in [0.29, 0.717) is 11.7 Å². The summed E-state index contributed by atoms with van der Waals surface area (Å²) in [6.07, 6.45) is 0. The van der Waals surface area contributed by atoms with Crippen LogP contribution in [-0.4, -0.2) is 19.9 Å². The number of rotatable bonds is 6. The number of nitrogens with zero attached hydrogens (tertiary/aromatic N) is 4. The zero-order valence-corrected chi connectivity index (χ0v) is 28.7. The quantitative estimate of drug-likeness (QED) is 0.174. The molecule has 0 saturated heterocycles. The summed E-state index contributed by atoms with van der Waals surface area (Å²) in [4.78, 5) is 21.0. The fraction of sp³-hybridized carbons (Fsp3) is 0. The van der Waals surface area contributed by atoms with Crippen molar-refractivity contribution in [1.29, 1.82) is 0 Å². The first-order valence-electron chi connectivity index (χ1n) is 16.6. The van der Waals surface area contributed by atoms with Crippen LogP contribution in [-0.2, 0) is 0 Å². The van der Waals surface area contributed by atoms with E-state index in [-0.39, 0.29) is 0 Å². The standard InChI is InChI=1S/C44H26N4OS2/c1-5-11-39-33(7-1)25-41(50-39)29-17-13-27(14-18-29)36-26-37(28-15-23-32(24-16-28)44-48-35-9-3-6-12-40(35)51-44)46-42(45-36)30-19-21-31(22-20-30)43-47-34-8-2-4-10-38(34)49-43/h1-26H. The first-order chi connectivity index (χ1) is 25.2. The Bertz CT molecular complexity index is 2430. The Balaban J connectivity index is 1.03. The van der Waals surface area contributed by atoms with Gasteiger partial charge in [-0.15, -0.1) is 22.7 Å². The maximum Gasteiger partial charge on any atom is 0.227 e. The molecule has 0 aliphatic heterocycles. The molecule has 51 heavy (non-hydrogen) atoms. The highest BCUT2D eigenvalue weighted by Gasteiger charge is 2.14. The van der Waals surface area contributed by atoms with Crippen molar-refractivity contribution in [1.82, 2.24) is 19.9 Å². The second-order valence-electron chi connectivity index (χ2n) is 12.3. The van der Waals surface area contributed by atoms with Crippen molar-refractivity contribution < 1.29 is 4.42 Å². The first kappa shape index (κ1) is 29.6. The normalized spacial score (nSPS) is 11.5. The summed E-state index contributed by atoms with van der Waals surface area (Å²) >= 11 is 3.52. The van der Waals surface area contributed by atoms with Gasteiger partial charge in [0.1, 0.15) is 10.5 Å². The number of hydrogen-bond donors (Lipinski definition) is 0. The van der Waals surface area contributed by atoms with Gasteiger partial charge in [-0.2, -0.15) is 0 Å². The van der Waals surface area contributed by atoms with Gasteiger partial charge in [0.2, 0.25) is 5.89 Å². The van der Waals surface area contributed by atoms with Crippen LogP contribution in [0, 0.1) is 0 Å². The van der Waals surface area contributed by atoms with Crippen LogP contribution in [0.4, 0.5) is 0 Å². The van der Waals surface area contributed by atoms with Gasteiger partial charge < -0.3 is 4.42 Å². The summed E-state index contributed by atoms with van der Waals surface area (Å²) in [6.45, 7) is 0. The predicted octanol–water partition coefficient (Wildman–Crippen LogP) is 12.4. The van der Waals surface area contributed by atoms with Gasteiger partial charge in [0.05, 0.1) is 21.6 Å². The molecule has 0 fully saturated rings. The van der Waals surface area contributed by atoms with Gasteiger partial charge in [-0.3, -0.25) is 0 Å². The summed E-state index contributed by atoms with van der Waals surface area (Å²) in [6, 6.07) is 54.2. The third kappa shape index (κ3) is 5.59. The summed E-state index contributed by atoms with van der Waals surface area (Å²) in [7, 11) is 0. The number of oxazole rings is 1. The first-order valence-corrected chi connectivity index (χ1v) is 18.2. The molecule has 0 atom stereocenters. The Kier molecular flexibility index (Phi) is 7.11. The minimum absolute atomic E-state index is 0.588. The molecule has 0 N–H and O–H groups in total. The predicted molar refractivity (Wildman–Crippen MR) is 211 cm³/mol. The van der Waals surface area contributed by atoms with Crippen LogP contribution in [0.1, 0.15) is 0 Å². The van der Waals surface area contributed by atoms with E-state index in [9.17, 15) is 0 Å². The molecule has 10 aromatic rings. The third-order valence-electron chi connectivity index (χ3n) is 9.02. The molecule has 5 nitrogen and oxygen atoms in total. The summed E-state index contributed by atoms with van der Waals surface area (Å²) in [5.41, 5.74) is 10.4. The zero-order chi connectivity index (χ0) is 33.7. The van der Waals surface area contributed by atoms with Crippen molar-refractivity contribution in [2.75, 3.05) is 0 Å². The summed E-state index contributed by atoms with van der Waals surface area (Å²) < 4.78 is 8.50. The minimum Gasteiger partial charge on any atom is -0.436 e. The van der Waals surface area contributed by atoms with E-state index in [2.05, 4.69) is 108 Å². The van der Waals surface area contributed by atoms with E-state index in [1.807, 2.05) is 65.9 Å². The zero-order valence-electron chi connectivity index (χ0n) is 27.0. The monoisotopic (exact) mass is 690 g/mol. The molecule has 0 bridgehead atoms. The number of aromatic nitrogens is 4. The lowest BCUT2D eigenvalue weighted by atomic mass is 10.0. The molecule has 0 saturated carbocycles. The van der Waals surface area contributed by atoms with E-state index >= 15 is 0 Å². The van der Waals surface area contributed by atoms with Crippen LogP contribution in [0.2, 0.25) is 0 Å². The van der Waals surface area contributed by atoms with Gasteiger partial charge in [0.15, 0.2) is 11.4 Å². The molecule has 10 rings (SSSR count). The largest absolute Gasteiger partial charge is 0.436 e. The van der Waals surface area contributed by atoms with Gasteiger partial charge in [-0.05, 0) is 65.5 Å². The van der Waals surface area contributed by atoms with Crippen LogP contribution in [0.25, 0.3) is 97.8 Å². The molecule has 6 aromatic carbocycles. The van der Waals surface area contributed by atoms with E-state index < -0.39 is 0 Å². The fourth-order valence-corrected chi connectivity index (χ4v) is 8.38. The Morgan fingerprint density at radius 1 is 0.412 bits per heavy atom. The van der Waals surface area contributed by atoms with E-state index in [1.165, 1.54) is 25.2 Å². The number of thiazole rings is 1. The van der Waals surface area contributed by atoms with Gasteiger partial charge >= 0.3 is 0 Å². The Morgan fingerprint density at radius 2 is 1.00 bits per heavy atom. The molecular weight excluding hydrogens is 665 g/mol. The molecule has 0 amide bonds. The maximum absolute atomic E-state index is 6.03. The highest BCUT2D eigenvalue weighted by atomic mass is 32.1. The van der Waals surface area contributed by atoms with Gasteiger partial charge in [0.25, 0.3) is 0 Å². The van der Waals surface area contributed by atoms with Gasteiger partial charge in [0, 0.05) is 37.4 Å². The molecule has 0 unspecified atom stereocenters. The maximum atomic E-state index is 6.03. The topological polar surface area (TPSA) is 64.7 Å². The van der Waals surface area contributed by atoms with Crippen molar-refractivity contribution >= 4 is 54.1 Å². The van der Waals surface area contributed by atoms with E-state index in [4.69, 9.17) is 19.4 Å². The smallest absolute Gasteiger partial charge is 0.227 e. The number of benzene rings is 6. The summed E-state index contributed by atoms with van der Waals surface area (Å²) in [5.74, 6) is 1.24. The molecule has 240 valence electrons. The van der Waals surface area contributed by atoms with Gasteiger partial charge in [-0.1, -0.05) is 103 Å². The lowest BCUT2D eigenvalue weighted by Gasteiger charge is -2.10. The molecule has 0 aliphatic rings. The van der Waals surface area contributed by atoms with Crippen molar-refractivity contribution in [3.8, 4) is 66.4 Å². The van der Waals surface area contributed by atoms with Crippen LogP contribution < -0.4 is 0 Å². The molecule has 0 aliphatic carbocycles. The number of fused-ring (bicyclic) bond motifs is 3. The van der Waals surface area contributed by atoms with Crippen molar-refractivity contribution in [2.45, 2.75) is 0 Å². The third-order valence-corrected chi connectivity index (χ3v) is 11.3. The number of hydrogen-bond acceptors (Lipinski definition) is 7. The molecule has 0 radical (unpaired) electrons. The van der Waals surface area contributed by atoms with Crippen molar-refractivity contribution in [3.63, 3.8) is 0 Å². The Hall–Kier alpha value is -6.28. The SMILES string of the molecule is c1ccc2sc(-c3ccc(-c4cc(-c5ccc(-c6nc7ccccc7s6)cc5)nc(-c5ccc(-c6nc7ccccc7o6)cc5)n4)cc3)cc2c1. The van der Waals surface area contributed by atoms with Crippen LogP contribution in [0.15, 0.2) is 162 Å².